The Hall–Kier alpha value is -4.18. The van der Waals surface area contributed by atoms with Gasteiger partial charge in [0, 0.05) is 35.3 Å². The molecule has 2 heterocycles. The van der Waals surface area contributed by atoms with Crippen molar-refractivity contribution in [3.8, 4) is 5.75 Å². The lowest BCUT2D eigenvalue weighted by Gasteiger charge is -2.38. The van der Waals surface area contributed by atoms with E-state index in [1.165, 1.54) is 4.90 Å². The van der Waals surface area contributed by atoms with E-state index in [0.29, 0.717) is 17.9 Å². The zero-order valence-corrected chi connectivity index (χ0v) is 22.6. The maximum atomic E-state index is 13.1. The maximum absolute atomic E-state index is 13.1. The second-order valence-electron chi connectivity index (χ2n) is 10.6. The molecule has 0 aliphatic carbocycles. The third-order valence-electron chi connectivity index (χ3n) is 6.47. The summed E-state index contributed by atoms with van der Waals surface area (Å²) in [5.41, 5.74) is 4.18. The fraction of sp³-hybridized carbons (Fsp3) is 0.379. The molecule has 0 unspecified atom stereocenters. The van der Waals surface area contributed by atoms with Gasteiger partial charge in [0.05, 0.1) is 17.5 Å². The predicted molar refractivity (Wildman–Crippen MR) is 144 cm³/mol. The molecule has 0 radical (unpaired) electrons. The number of hydroxylamine groups is 1. The molecule has 3 N–H and O–H groups in total. The molecule has 2 aromatic carbocycles. The minimum Gasteiger partial charge on any atom is -0.489 e. The molecule has 0 bridgehead atoms. The number of carbonyl (C=O) groups excluding carboxylic acids is 3. The second-order valence-corrected chi connectivity index (χ2v) is 10.6. The maximum Gasteiger partial charge on any atom is 0.410 e. The number of aromatic nitrogens is 1. The summed E-state index contributed by atoms with van der Waals surface area (Å²) in [7, 11) is 0. The lowest BCUT2D eigenvalue weighted by Crippen LogP contribution is -2.57. The number of ether oxygens (including phenoxy) is 2. The summed E-state index contributed by atoms with van der Waals surface area (Å²) >= 11 is 0. The van der Waals surface area contributed by atoms with E-state index in [-0.39, 0.29) is 19.5 Å². The lowest BCUT2D eigenvalue weighted by atomic mass is 9.90. The Morgan fingerprint density at radius 2 is 1.82 bits per heavy atom. The van der Waals surface area contributed by atoms with Crippen molar-refractivity contribution in [3.63, 3.8) is 0 Å². The van der Waals surface area contributed by atoms with Crippen molar-refractivity contribution in [3.05, 3.63) is 71.4 Å². The Kier molecular flexibility index (Phi) is 8.35. The minimum absolute atomic E-state index is 0.0687. The molecule has 0 spiro atoms. The zero-order valence-electron chi connectivity index (χ0n) is 22.6. The first kappa shape index (κ1) is 27.8. The Balaban J connectivity index is 1.42. The summed E-state index contributed by atoms with van der Waals surface area (Å²) in [6.45, 7) is 7.92. The molecule has 1 fully saturated rings. The Bertz CT molecular complexity index is 1350. The Morgan fingerprint density at radius 3 is 2.51 bits per heavy atom. The van der Waals surface area contributed by atoms with Gasteiger partial charge in [0.15, 0.2) is 0 Å². The van der Waals surface area contributed by atoms with Crippen LogP contribution in [0.4, 0.5) is 4.79 Å². The molecule has 1 aliphatic heterocycles. The number of hydrogen-bond acceptors (Lipinski definition) is 7. The molecule has 1 saturated heterocycles. The van der Waals surface area contributed by atoms with Gasteiger partial charge in [0.2, 0.25) is 5.91 Å². The van der Waals surface area contributed by atoms with Gasteiger partial charge in [-0.05, 0) is 70.5 Å². The van der Waals surface area contributed by atoms with Gasteiger partial charge >= 0.3 is 6.09 Å². The summed E-state index contributed by atoms with van der Waals surface area (Å²) in [5, 5.41) is 13.1. The van der Waals surface area contributed by atoms with Crippen LogP contribution in [-0.2, 0) is 16.1 Å². The number of benzene rings is 2. The summed E-state index contributed by atoms with van der Waals surface area (Å²) in [5.74, 6) is -1.15. The molecule has 1 aromatic heterocycles. The largest absolute Gasteiger partial charge is 0.489 e. The van der Waals surface area contributed by atoms with E-state index >= 15 is 0 Å². The van der Waals surface area contributed by atoms with Gasteiger partial charge in [-0.25, -0.2) is 10.3 Å². The van der Waals surface area contributed by atoms with Gasteiger partial charge < -0.3 is 19.7 Å². The molecular weight excluding hydrogens is 500 g/mol. The zero-order chi connectivity index (χ0) is 28.2. The van der Waals surface area contributed by atoms with Crippen molar-refractivity contribution in [1.82, 2.24) is 20.7 Å². The predicted octanol–water partition coefficient (Wildman–Crippen LogP) is 3.98. The third-order valence-corrected chi connectivity index (χ3v) is 6.47. The Morgan fingerprint density at radius 1 is 1.10 bits per heavy atom. The molecule has 4 rings (SSSR count). The van der Waals surface area contributed by atoms with Crippen molar-refractivity contribution < 1.29 is 29.1 Å². The van der Waals surface area contributed by atoms with Gasteiger partial charge in [-0.2, -0.15) is 0 Å². The smallest absolute Gasteiger partial charge is 0.410 e. The third kappa shape index (κ3) is 7.02. The Labute approximate surface area is 227 Å². The number of nitrogens with zero attached hydrogens (tertiary/aromatic N) is 2. The number of carbonyl (C=O) groups is 3. The number of aryl methyl sites for hydroxylation is 1. The molecule has 10 nitrogen and oxygen atoms in total. The van der Waals surface area contributed by atoms with Gasteiger partial charge in [-0.1, -0.05) is 18.2 Å². The number of fused-ring (bicyclic) bond motifs is 1. The van der Waals surface area contributed by atoms with E-state index in [0.717, 1.165) is 22.2 Å². The van der Waals surface area contributed by atoms with Gasteiger partial charge in [-0.3, -0.25) is 19.8 Å². The van der Waals surface area contributed by atoms with Crippen molar-refractivity contribution in [1.29, 1.82) is 0 Å². The van der Waals surface area contributed by atoms with Crippen LogP contribution >= 0.6 is 0 Å². The summed E-state index contributed by atoms with van der Waals surface area (Å²) in [6.07, 6.45) is -0.268. The molecule has 0 saturated carbocycles. The average molecular weight is 535 g/mol. The summed E-state index contributed by atoms with van der Waals surface area (Å²) in [6, 6.07) is 15.8. The fourth-order valence-electron chi connectivity index (χ4n) is 4.62. The first-order valence-electron chi connectivity index (χ1n) is 12.8. The molecule has 3 aromatic rings. The van der Waals surface area contributed by atoms with Gasteiger partial charge in [0.1, 0.15) is 18.0 Å². The second kappa shape index (κ2) is 11.7. The van der Waals surface area contributed by atoms with Gasteiger partial charge in [-0.15, -0.1) is 0 Å². The van der Waals surface area contributed by atoms with E-state index in [4.69, 9.17) is 9.47 Å². The number of amides is 3. The highest BCUT2D eigenvalue weighted by Gasteiger charge is 2.38. The molecule has 1 aliphatic rings. The van der Waals surface area contributed by atoms with Crippen molar-refractivity contribution >= 4 is 28.8 Å². The van der Waals surface area contributed by atoms with Crippen molar-refractivity contribution in [2.24, 2.45) is 5.92 Å². The van der Waals surface area contributed by atoms with Crippen LogP contribution in [0.3, 0.4) is 0 Å². The summed E-state index contributed by atoms with van der Waals surface area (Å²) in [4.78, 5) is 43.9. The fourth-order valence-corrected chi connectivity index (χ4v) is 4.62. The normalized spacial score (nSPS) is 17.4. The van der Waals surface area contributed by atoms with Crippen LogP contribution in [0.25, 0.3) is 10.9 Å². The molecular formula is C29H34N4O6. The number of hydrogen-bond donors (Lipinski definition) is 3. The average Bonchev–Trinajstić information content (AvgIpc) is 2.90. The van der Waals surface area contributed by atoms with E-state index in [1.54, 1.807) is 50.5 Å². The number of rotatable bonds is 6. The molecule has 2 atom stereocenters. The van der Waals surface area contributed by atoms with Crippen LogP contribution in [0.15, 0.2) is 54.6 Å². The molecule has 3 amide bonds. The molecule has 10 heteroatoms. The number of para-hydroxylation sites is 1. The van der Waals surface area contributed by atoms with Gasteiger partial charge in [0.25, 0.3) is 5.91 Å². The van der Waals surface area contributed by atoms with Crippen LogP contribution < -0.4 is 15.5 Å². The number of likely N-dealkylation sites (tertiary alicyclic amines) is 1. The highest BCUT2D eigenvalue weighted by molar-refractivity contribution is 5.95. The number of pyridine rings is 1. The van der Waals surface area contributed by atoms with E-state index < -0.39 is 35.5 Å². The van der Waals surface area contributed by atoms with E-state index in [9.17, 15) is 19.6 Å². The van der Waals surface area contributed by atoms with Crippen LogP contribution in [0.5, 0.6) is 5.75 Å². The number of piperidine rings is 1. The van der Waals surface area contributed by atoms with Crippen molar-refractivity contribution in [2.45, 2.75) is 52.4 Å². The van der Waals surface area contributed by atoms with Crippen molar-refractivity contribution in [2.75, 3.05) is 13.1 Å². The number of nitrogens with one attached hydrogen (secondary N) is 2. The highest BCUT2D eigenvalue weighted by Crippen LogP contribution is 2.23. The first-order valence-corrected chi connectivity index (χ1v) is 12.8. The minimum atomic E-state index is -0.718. The summed E-state index contributed by atoms with van der Waals surface area (Å²) < 4.78 is 11.4. The first-order chi connectivity index (χ1) is 18.5. The van der Waals surface area contributed by atoms with Crippen LogP contribution in [0.1, 0.15) is 48.8 Å². The van der Waals surface area contributed by atoms with Crippen LogP contribution in [-0.4, -0.2) is 57.7 Å². The topological polar surface area (TPSA) is 130 Å². The van der Waals surface area contributed by atoms with E-state index in [2.05, 4.69) is 10.3 Å². The lowest BCUT2D eigenvalue weighted by molar-refractivity contribution is -0.135. The van der Waals surface area contributed by atoms with Crippen LogP contribution in [0, 0.1) is 12.8 Å². The quantitative estimate of drug-likeness (QED) is 0.322. The molecule has 206 valence electrons. The molecule has 39 heavy (non-hydrogen) atoms. The van der Waals surface area contributed by atoms with Crippen LogP contribution in [0.2, 0.25) is 0 Å². The monoisotopic (exact) mass is 534 g/mol. The van der Waals surface area contributed by atoms with E-state index in [1.807, 2.05) is 37.3 Å². The SMILES string of the molecule is Cc1cc(COc2ccc(C(=O)N[C@@H]3CN(C(=O)OC(C)(C)C)CC[C@@H]3C(=O)NO)cc2)c2ccccc2n1. The standard InChI is InChI=1S/C29H34N4O6/c1-18-15-20(22-7-5-6-8-24(22)30-18)17-38-21-11-9-19(10-12-21)26(34)31-25-16-33(28(36)39-29(2,3)4)14-13-23(25)27(35)32-37/h5-12,15,23,25,37H,13-14,16-17H2,1-4H3,(H,31,34)(H,32,35)/t23-,25+/m0/s1. The highest BCUT2D eigenvalue weighted by atomic mass is 16.6.